The van der Waals surface area contributed by atoms with Crippen molar-refractivity contribution in [2.24, 2.45) is 23.7 Å². The van der Waals surface area contributed by atoms with Gasteiger partial charge in [0.1, 0.15) is 0 Å². The van der Waals surface area contributed by atoms with E-state index in [0.29, 0.717) is 11.3 Å². The lowest BCUT2D eigenvalue weighted by molar-refractivity contribution is -0.123. The van der Waals surface area contributed by atoms with Crippen molar-refractivity contribution in [2.45, 2.75) is 38.7 Å². The average molecular weight is 508 g/mol. The number of imide groups is 1. The van der Waals surface area contributed by atoms with Crippen LogP contribution < -0.4 is 4.90 Å². The number of benzene rings is 3. The summed E-state index contributed by atoms with van der Waals surface area (Å²) in [5.41, 5.74) is 3.29. The largest absolute Gasteiger partial charge is 0.451 e. The molecule has 3 aromatic rings. The molecule has 0 spiro atoms. The third-order valence-electron chi connectivity index (χ3n) is 8.57. The molecule has 2 amide bonds. The topological polar surface area (TPSA) is 80.8 Å². The van der Waals surface area contributed by atoms with Crippen LogP contribution in [0.15, 0.2) is 78.9 Å². The molecular formula is C32H29NO5. The molecule has 2 aliphatic carbocycles. The Hall–Kier alpha value is -4.06. The third kappa shape index (κ3) is 3.95. The highest BCUT2D eigenvalue weighted by Crippen LogP contribution is 2.61. The molecule has 3 aromatic carbocycles. The number of ketones is 1. The summed E-state index contributed by atoms with van der Waals surface area (Å²) >= 11 is 0. The summed E-state index contributed by atoms with van der Waals surface area (Å²) in [5, 5.41) is 0. The maximum absolute atomic E-state index is 13.6. The maximum atomic E-state index is 13.6. The van der Waals surface area contributed by atoms with Crippen molar-refractivity contribution in [2.75, 3.05) is 4.90 Å². The molecule has 6 rings (SSSR count). The standard InChI is InChI=1S/C32H29NO5/c1-18-11-13-21(14-12-18)29(34)19(2)38-32(37)22-9-6-10-24(15-22)33-30(35)27-23-16-25(20-7-4-3-5-8-20)26(17-23)28(27)31(33)36/h3-15,19,23,25-28H,16-17H2,1-2H3/t19-,23+,25+,26+,27-,28-/m0/s1. The number of rotatable bonds is 6. The Morgan fingerprint density at radius 3 is 2.29 bits per heavy atom. The van der Waals surface area contributed by atoms with E-state index in [9.17, 15) is 19.2 Å². The van der Waals surface area contributed by atoms with Gasteiger partial charge in [0.25, 0.3) is 0 Å². The van der Waals surface area contributed by atoms with E-state index in [4.69, 9.17) is 4.74 Å². The number of aryl methyl sites for hydroxylation is 1. The predicted molar refractivity (Wildman–Crippen MR) is 142 cm³/mol. The monoisotopic (exact) mass is 507 g/mol. The number of ether oxygens (including phenoxy) is 1. The van der Waals surface area contributed by atoms with Gasteiger partial charge in [-0.05, 0) is 68.2 Å². The average Bonchev–Trinajstić information content (AvgIpc) is 3.60. The molecule has 1 aliphatic heterocycles. The molecule has 3 fully saturated rings. The Morgan fingerprint density at radius 1 is 0.842 bits per heavy atom. The lowest BCUT2D eigenvalue weighted by Crippen LogP contribution is -2.33. The van der Waals surface area contributed by atoms with Crippen molar-refractivity contribution < 1.29 is 23.9 Å². The van der Waals surface area contributed by atoms with Crippen LogP contribution >= 0.6 is 0 Å². The first-order valence-corrected chi connectivity index (χ1v) is 13.2. The molecule has 0 N–H and O–H groups in total. The summed E-state index contributed by atoms with van der Waals surface area (Å²) in [6.45, 7) is 3.47. The van der Waals surface area contributed by atoms with Crippen LogP contribution in [-0.4, -0.2) is 29.7 Å². The summed E-state index contributed by atoms with van der Waals surface area (Å²) in [6, 6.07) is 23.7. The molecule has 6 atom stereocenters. The van der Waals surface area contributed by atoms with Gasteiger partial charge in [0, 0.05) is 5.56 Å². The van der Waals surface area contributed by atoms with Crippen LogP contribution in [0.1, 0.15) is 57.5 Å². The Bertz CT molecular complexity index is 1430. The van der Waals surface area contributed by atoms with Crippen molar-refractivity contribution in [3.05, 3.63) is 101 Å². The second-order valence-corrected chi connectivity index (χ2v) is 10.8. The Morgan fingerprint density at radius 2 is 1.55 bits per heavy atom. The lowest BCUT2D eigenvalue weighted by Gasteiger charge is -2.28. The van der Waals surface area contributed by atoms with Crippen molar-refractivity contribution in [1.29, 1.82) is 0 Å². The van der Waals surface area contributed by atoms with Crippen LogP contribution in [0.3, 0.4) is 0 Å². The van der Waals surface area contributed by atoms with Gasteiger partial charge in [-0.15, -0.1) is 0 Å². The van der Waals surface area contributed by atoms with E-state index in [1.165, 1.54) is 23.5 Å². The molecule has 2 bridgehead atoms. The molecule has 1 saturated heterocycles. The fourth-order valence-corrected chi connectivity index (χ4v) is 6.80. The minimum atomic E-state index is -0.978. The molecule has 2 saturated carbocycles. The van der Waals surface area contributed by atoms with Gasteiger partial charge in [-0.3, -0.25) is 19.3 Å². The smallest absolute Gasteiger partial charge is 0.338 e. The van der Waals surface area contributed by atoms with Gasteiger partial charge < -0.3 is 4.74 Å². The molecule has 38 heavy (non-hydrogen) atoms. The SMILES string of the molecule is Cc1ccc(C(=O)[C@H](C)OC(=O)c2cccc(N3C(=O)[C@H]4[C@H]5C[C@@H]([C@@H]4C3=O)[C@@H](c3ccccc3)C5)c2)cc1. The predicted octanol–water partition coefficient (Wildman–Crippen LogP) is 5.35. The van der Waals surface area contributed by atoms with Crippen molar-refractivity contribution in [3.8, 4) is 0 Å². The molecule has 192 valence electrons. The first kappa shape index (κ1) is 24.3. The van der Waals surface area contributed by atoms with Gasteiger partial charge in [-0.2, -0.15) is 0 Å². The van der Waals surface area contributed by atoms with E-state index in [0.717, 1.165) is 18.4 Å². The molecule has 0 aromatic heterocycles. The second-order valence-electron chi connectivity index (χ2n) is 10.8. The number of Topliss-reactive ketones (excluding diaryl/α,β-unsaturated/α-hetero) is 1. The number of hydrogen-bond acceptors (Lipinski definition) is 5. The minimum Gasteiger partial charge on any atom is -0.451 e. The summed E-state index contributed by atoms with van der Waals surface area (Å²) in [4.78, 5) is 54.0. The second kappa shape index (κ2) is 9.35. The van der Waals surface area contributed by atoms with E-state index < -0.39 is 12.1 Å². The zero-order chi connectivity index (χ0) is 26.6. The number of amides is 2. The third-order valence-corrected chi connectivity index (χ3v) is 8.57. The van der Waals surface area contributed by atoms with Gasteiger partial charge in [0.15, 0.2) is 6.10 Å². The number of hydrogen-bond donors (Lipinski definition) is 0. The minimum absolute atomic E-state index is 0.149. The summed E-state index contributed by atoms with van der Waals surface area (Å²) < 4.78 is 5.46. The number of fused-ring (bicyclic) bond motifs is 5. The van der Waals surface area contributed by atoms with E-state index in [1.807, 2.05) is 37.3 Å². The Labute approximate surface area is 221 Å². The number of carbonyl (C=O) groups excluding carboxylic acids is 4. The zero-order valence-electron chi connectivity index (χ0n) is 21.4. The Balaban J connectivity index is 1.19. The van der Waals surface area contributed by atoms with Gasteiger partial charge in [0.2, 0.25) is 17.6 Å². The molecule has 3 aliphatic rings. The summed E-state index contributed by atoms with van der Waals surface area (Å²) in [6.07, 6.45) is 0.843. The maximum Gasteiger partial charge on any atom is 0.338 e. The van der Waals surface area contributed by atoms with Crippen molar-refractivity contribution >= 4 is 29.3 Å². The van der Waals surface area contributed by atoms with Gasteiger partial charge in [-0.25, -0.2) is 4.79 Å². The summed E-state index contributed by atoms with van der Waals surface area (Å²) in [5.74, 6) is -1.32. The van der Waals surface area contributed by atoms with Crippen molar-refractivity contribution in [3.63, 3.8) is 0 Å². The van der Waals surface area contributed by atoms with Gasteiger partial charge >= 0.3 is 5.97 Å². The normalized spacial score (nSPS) is 26.4. The van der Waals surface area contributed by atoms with Crippen LogP contribution in [0.4, 0.5) is 5.69 Å². The van der Waals surface area contributed by atoms with E-state index in [-0.39, 0.29) is 52.8 Å². The molecule has 1 heterocycles. The Kier molecular flexibility index (Phi) is 5.98. The summed E-state index contributed by atoms with van der Waals surface area (Å²) in [7, 11) is 0. The van der Waals surface area contributed by atoms with Crippen LogP contribution in [0.2, 0.25) is 0 Å². The molecule has 6 nitrogen and oxygen atoms in total. The number of anilines is 1. The number of carbonyl (C=O) groups is 4. The molecule has 6 heteroatoms. The molecular weight excluding hydrogens is 478 g/mol. The van der Waals surface area contributed by atoms with Crippen LogP contribution in [0, 0.1) is 30.6 Å². The van der Waals surface area contributed by atoms with Crippen LogP contribution in [-0.2, 0) is 14.3 Å². The van der Waals surface area contributed by atoms with E-state index >= 15 is 0 Å². The van der Waals surface area contributed by atoms with Crippen LogP contribution in [0.25, 0.3) is 0 Å². The molecule has 0 radical (unpaired) electrons. The lowest BCUT2D eigenvalue weighted by atomic mass is 9.73. The fraction of sp³-hybridized carbons (Fsp3) is 0.312. The highest BCUT2D eigenvalue weighted by molar-refractivity contribution is 6.23. The van der Waals surface area contributed by atoms with Gasteiger partial charge in [-0.1, -0.05) is 66.2 Å². The van der Waals surface area contributed by atoms with Crippen LogP contribution in [0.5, 0.6) is 0 Å². The zero-order valence-corrected chi connectivity index (χ0v) is 21.4. The first-order valence-electron chi connectivity index (χ1n) is 13.2. The van der Waals surface area contributed by atoms with E-state index in [2.05, 4.69) is 12.1 Å². The van der Waals surface area contributed by atoms with Crippen molar-refractivity contribution in [1.82, 2.24) is 0 Å². The quantitative estimate of drug-likeness (QED) is 0.255. The van der Waals surface area contributed by atoms with E-state index in [1.54, 1.807) is 30.3 Å². The number of esters is 1. The number of nitrogens with zero attached hydrogens (tertiary/aromatic N) is 1. The fourth-order valence-electron chi connectivity index (χ4n) is 6.80. The highest BCUT2D eigenvalue weighted by Gasteiger charge is 2.64. The molecule has 0 unspecified atom stereocenters. The first-order chi connectivity index (χ1) is 18.3. The van der Waals surface area contributed by atoms with Gasteiger partial charge in [0.05, 0.1) is 23.1 Å². The highest BCUT2D eigenvalue weighted by atomic mass is 16.5.